The summed E-state index contributed by atoms with van der Waals surface area (Å²) in [5.74, 6) is -95.1. The first-order valence-corrected chi connectivity index (χ1v) is 21.0. The molecule has 32 heteroatoms. The number of alkyl halides is 23. The van der Waals surface area contributed by atoms with Gasteiger partial charge in [-0.1, -0.05) is 50.1 Å². The van der Waals surface area contributed by atoms with E-state index in [1.165, 1.54) is 6.07 Å². The second-order valence-corrected chi connectivity index (χ2v) is 19.7. The quantitative estimate of drug-likeness (QED) is 0.150. The van der Waals surface area contributed by atoms with Crippen molar-refractivity contribution in [1.29, 1.82) is 0 Å². The van der Waals surface area contributed by atoms with Crippen molar-refractivity contribution in [1.82, 2.24) is 0 Å². The van der Waals surface area contributed by atoms with E-state index in [-0.39, 0.29) is 26.8 Å². The van der Waals surface area contributed by atoms with Gasteiger partial charge in [0.15, 0.2) is 0 Å². The van der Waals surface area contributed by atoms with E-state index in [4.69, 9.17) is 4.18 Å². The summed E-state index contributed by atoms with van der Waals surface area (Å²) in [5.41, 5.74) is 0. The van der Waals surface area contributed by atoms with Crippen molar-refractivity contribution in [3.05, 3.63) is 81.4 Å². The Bertz CT molecular complexity index is 2100. The van der Waals surface area contributed by atoms with E-state index in [1.54, 1.807) is 0 Å². The normalized spacial score (nSPS) is 15.2. The van der Waals surface area contributed by atoms with Crippen LogP contribution >= 0.6 is 106 Å². The molecular formula is C30H9Br6F23O2S. The molecule has 3 rings (SSSR count). The lowest BCUT2D eigenvalue weighted by molar-refractivity contribution is -0.477. The number of hydrogen-bond donors (Lipinski definition) is 0. The van der Waals surface area contributed by atoms with Crippen LogP contribution in [0.2, 0.25) is 0 Å². The molecule has 2 nitrogen and oxygen atoms in total. The van der Waals surface area contributed by atoms with Crippen LogP contribution < -0.4 is 0 Å². The second-order valence-electron chi connectivity index (χ2n) is 11.9. The molecule has 3 aromatic carbocycles. The highest BCUT2D eigenvalue weighted by molar-refractivity contribution is 9.12. The Morgan fingerprint density at radius 3 is 0.935 bits per heavy atom. The summed E-state index contributed by atoms with van der Waals surface area (Å²) in [6.45, 7) is 0. The minimum Gasteiger partial charge on any atom is -0.397 e. The summed E-state index contributed by atoms with van der Waals surface area (Å²) in [7, 11) is -4.72. The van der Waals surface area contributed by atoms with Crippen LogP contribution in [0.1, 0.15) is 0 Å². The largest absolute Gasteiger partial charge is 0.460 e. The lowest BCUT2D eigenvalue weighted by Gasteiger charge is -2.45. The molecule has 62 heavy (non-hydrogen) atoms. The lowest BCUT2D eigenvalue weighted by Crippen LogP contribution is -2.78. The summed E-state index contributed by atoms with van der Waals surface area (Å²) < 4.78 is 329. The van der Waals surface area contributed by atoms with Crippen LogP contribution in [0.15, 0.2) is 96.1 Å². The molecule has 0 saturated heterocycles. The summed E-state index contributed by atoms with van der Waals surface area (Å²) >= 11 is 18.0. The minimum absolute atomic E-state index is 0.0826. The van der Waals surface area contributed by atoms with Gasteiger partial charge in [0.2, 0.25) is 0 Å². The van der Waals surface area contributed by atoms with Crippen molar-refractivity contribution in [3.63, 3.8) is 0 Å². The predicted octanol–water partition coefficient (Wildman–Crippen LogP) is 16.9. The molecule has 0 radical (unpaired) electrons. The number of halogens is 29. The smallest absolute Gasteiger partial charge is 0.397 e. The second kappa shape index (κ2) is 16.8. The van der Waals surface area contributed by atoms with Crippen molar-refractivity contribution >= 4 is 112 Å². The van der Waals surface area contributed by atoms with Crippen molar-refractivity contribution < 1.29 is 110 Å². The van der Waals surface area contributed by atoms with Crippen molar-refractivity contribution in [2.24, 2.45) is 0 Å². The average molecular weight is 1350 g/mol. The Morgan fingerprint density at radius 1 is 0.403 bits per heavy atom. The molecule has 0 aliphatic heterocycles. The zero-order chi connectivity index (χ0) is 48.8. The van der Waals surface area contributed by atoms with Gasteiger partial charge in [0.1, 0.15) is 0 Å². The molecule has 3 aromatic rings. The molecule has 0 aliphatic carbocycles. The van der Waals surface area contributed by atoms with E-state index in [2.05, 4.69) is 95.6 Å². The fourth-order valence-corrected chi connectivity index (χ4v) is 15.1. The van der Waals surface area contributed by atoms with Crippen LogP contribution in [0, 0.1) is 0 Å². The van der Waals surface area contributed by atoms with E-state index in [1.807, 2.05) is 0 Å². The van der Waals surface area contributed by atoms with E-state index in [0.29, 0.717) is 0 Å². The van der Waals surface area contributed by atoms with Gasteiger partial charge in [0, 0.05) is 31.7 Å². The molecule has 0 heterocycles. The molecule has 0 aromatic heterocycles. The van der Waals surface area contributed by atoms with Crippen molar-refractivity contribution in [2.45, 2.75) is 80.1 Å². The van der Waals surface area contributed by atoms with Gasteiger partial charge < -0.3 is 4.18 Å². The maximum absolute atomic E-state index is 15.7. The van der Waals surface area contributed by atoms with Crippen molar-refractivity contribution in [3.8, 4) is 0 Å². The summed E-state index contributed by atoms with van der Waals surface area (Å²) in [6.07, 6.45) is -8.18. The van der Waals surface area contributed by atoms with E-state index < -0.39 is 96.4 Å². The topological polar surface area (TPSA) is 26.3 Å². The van der Waals surface area contributed by atoms with Gasteiger partial charge >= 0.3 is 71.4 Å². The van der Waals surface area contributed by atoms with Crippen LogP contribution in [0.25, 0.3) is 0 Å². The summed E-state index contributed by atoms with van der Waals surface area (Å²) in [6, 6.07) is 9.32. The Morgan fingerprint density at radius 2 is 0.661 bits per heavy atom. The van der Waals surface area contributed by atoms with Gasteiger partial charge in [-0.25, -0.2) is 4.79 Å². The number of benzene rings is 3. The Kier molecular flexibility index (Phi) is 14.9. The molecule has 0 unspecified atom stereocenters. The van der Waals surface area contributed by atoms with Gasteiger partial charge in [-0.2, -0.15) is 101 Å². The first-order valence-electron chi connectivity index (χ1n) is 14.6. The molecule has 0 bridgehead atoms. The third-order valence-electron chi connectivity index (χ3n) is 7.94. The van der Waals surface area contributed by atoms with Gasteiger partial charge in [-0.05, 0) is 110 Å². The van der Waals surface area contributed by atoms with Gasteiger partial charge in [0.25, 0.3) is 0 Å². The van der Waals surface area contributed by atoms with Gasteiger partial charge in [0.05, 0.1) is 9.79 Å². The number of carbonyl (C=O) groups excluding carboxylic acids is 1. The van der Waals surface area contributed by atoms with E-state index in [0.717, 1.165) is 48.5 Å². The lowest BCUT2D eigenvalue weighted by atomic mass is 9.85. The summed E-state index contributed by atoms with van der Waals surface area (Å²) in [4.78, 5) is 11.5. The molecule has 0 fully saturated rings. The number of carbonyl (C=O) groups is 1. The Labute approximate surface area is 380 Å². The molecule has 0 spiro atoms. The molecule has 0 saturated carbocycles. The minimum atomic E-state index is -9.60. The van der Waals surface area contributed by atoms with Crippen LogP contribution in [-0.2, 0) is 8.98 Å². The molecule has 0 N–H and O–H groups in total. The Balaban J connectivity index is 2.37. The van der Waals surface area contributed by atoms with Gasteiger partial charge in [-0.15, -0.1) is 0 Å². The van der Waals surface area contributed by atoms with Gasteiger partial charge in [-0.3, -0.25) is 0 Å². The predicted molar refractivity (Wildman–Crippen MR) is 190 cm³/mol. The fraction of sp³-hybridized carbons (Fsp3) is 0.367. The maximum Gasteiger partial charge on any atom is 0.460 e. The third-order valence-corrected chi connectivity index (χ3v) is 15.8. The van der Waals surface area contributed by atoms with E-state index >= 15 is 17.6 Å². The highest BCUT2D eigenvalue weighted by atomic mass is 79.9. The number of hydrogen-bond acceptors (Lipinski definition) is 2. The van der Waals surface area contributed by atoms with Crippen LogP contribution in [0.5, 0.6) is 0 Å². The molecule has 0 aliphatic rings. The zero-order valence-corrected chi connectivity index (χ0v) is 38.2. The van der Waals surface area contributed by atoms with Crippen molar-refractivity contribution in [2.75, 3.05) is 0 Å². The first kappa shape index (κ1) is 55.1. The Hall–Kier alpha value is -1.25. The molecule has 0 amide bonds. The SMILES string of the molecule is O=C(OS(c1ccccc1)(c1c(Br)cc(Br)cc1Br)c1c(Br)cc(Br)cc1Br)C(F)(F)C(F)(F)C(F)(F)C(F)(F)C(F)(F)C(F)(F)C(F)(F)C(F)(F)C(F)(F)C(F)(F)C(F)(F)F. The fourth-order valence-electron chi connectivity index (χ4n) is 4.74. The third kappa shape index (κ3) is 7.87. The first-order chi connectivity index (χ1) is 27.4. The van der Waals surface area contributed by atoms with Crippen LogP contribution in [0.3, 0.4) is 0 Å². The number of rotatable bonds is 14. The molecule has 350 valence electrons. The van der Waals surface area contributed by atoms with E-state index in [9.17, 15) is 88.2 Å². The van der Waals surface area contributed by atoms with Crippen LogP contribution in [-0.4, -0.2) is 71.4 Å². The standard InChI is InChI=1S/C30H9Br6F23O2S/c31-10-6-13(33)17(14(34)7-10)62(12-4-2-1-3-5-12,18-15(35)8-11(32)9-16(18)36)61-19(60)20(37,38)21(39,40)22(41,42)23(43,44)24(45,46)25(47,48)26(49,50)27(51,52)28(53,54)29(55,56)30(57,58)59/h1-9H. The molecular weight excluding hydrogens is 1340 g/mol. The summed E-state index contributed by atoms with van der Waals surface area (Å²) in [5, 5.41) is 0. The highest BCUT2D eigenvalue weighted by Crippen LogP contribution is 2.76. The average Bonchev–Trinajstić information content (AvgIpc) is 3.09. The monoisotopic (exact) mass is 1340 g/mol. The highest BCUT2D eigenvalue weighted by Gasteiger charge is 2.99. The zero-order valence-electron chi connectivity index (χ0n) is 27.9. The molecule has 0 atom stereocenters. The maximum atomic E-state index is 15.7. The van der Waals surface area contributed by atoms with Crippen LogP contribution in [0.4, 0.5) is 101 Å².